The van der Waals surface area contributed by atoms with Crippen molar-refractivity contribution in [2.24, 2.45) is 5.73 Å². The molecule has 158 valence electrons. The standard InChI is InChI=1S/C25H25N3O3/c1-28-14-18(10-16-6-4-8-19(11-16)29-2)24-22(15-28)23(21(13-26)25(27)31-24)17-7-5-9-20(12-17)30-3/h4-12,23H,14-15,27H2,1-3H3/b18-10-/t23-/m0/s1. The van der Waals surface area contributed by atoms with E-state index in [1.54, 1.807) is 14.2 Å². The summed E-state index contributed by atoms with van der Waals surface area (Å²) in [5, 5.41) is 9.87. The predicted octanol–water partition coefficient (Wildman–Crippen LogP) is 3.79. The zero-order valence-corrected chi connectivity index (χ0v) is 17.9. The van der Waals surface area contributed by atoms with Crippen molar-refractivity contribution in [3.63, 3.8) is 0 Å². The summed E-state index contributed by atoms with van der Waals surface area (Å²) in [5.41, 5.74) is 10.6. The number of allylic oxidation sites excluding steroid dienone is 1. The van der Waals surface area contributed by atoms with Crippen LogP contribution < -0.4 is 15.2 Å². The van der Waals surface area contributed by atoms with Gasteiger partial charge >= 0.3 is 0 Å². The van der Waals surface area contributed by atoms with E-state index in [0.717, 1.165) is 39.5 Å². The van der Waals surface area contributed by atoms with Crippen LogP contribution in [-0.4, -0.2) is 39.3 Å². The lowest BCUT2D eigenvalue weighted by Crippen LogP contribution is -2.35. The molecule has 0 amide bonds. The minimum Gasteiger partial charge on any atom is -0.497 e. The third-order valence-corrected chi connectivity index (χ3v) is 5.56. The SMILES string of the molecule is COc1cccc(/C=C2/CN(C)CC3=C2OC(N)=C(C#N)[C@@H]3c2cccc(OC)c2)c1. The Balaban J connectivity index is 1.86. The number of ether oxygens (including phenoxy) is 3. The molecule has 0 saturated carbocycles. The van der Waals surface area contributed by atoms with E-state index >= 15 is 0 Å². The number of nitriles is 1. The Kier molecular flexibility index (Phi) is 5.70. The first kappa shape index (κ1) is 20.6. The zero-order valence-electron chi connectivity index (χ0n) is 17.9. The van der Waals surface area contributed by atoms with Gasteiger partial charge in [0, 0.05) is 18.7 Å². The molecule has 4 rings (SSSR count). The second kappa shape index (κ2) is 8.58. The van der Waals surface area contributed by atoms with E-state index in [4.69, 9.17) is 19.9 Å². The van der Waals surface area contributed by atoms with Gasteiger partial charge in [0.2, 0.25) is 5.88 Å². The van der Waals surface area contributed by atoms with Crippen LogP contribution in [-0.2, 0) is 4.74 Å². The fraction of sp³-hybridized carbons (Fsp3) is 0.240. The Hall–Kier alpha value is -3.69. The van der Waals surface area contributed by atoms with E-state index in [0.29, 0.717) is 18.7 Å². The summed E-state index contributed by atoms with van der Waals surface area (Å²) in [7, 11) is 5.34. The number of hydrogen-bond acceptors (Lipinski definition) is 6. The molecular formula is C25H25N3O3. The van der Waals surface area contributed by atoms with Gasteiger partial charge in [-0.15, -0.1) is 0 Å². The van der Waals surface area contributed by atoms with Gasteiger partial charge in [0.25, 0.3) is 0 Å². The summed E-state index contributed by atoms with van der Waals surface area (Å²) in [5.74, 6) is 2.12. The highest BCUT2D eigenvalue weighted by molar-refractivity contribution is 5.64. The topological polar surface area (TPSA) is 80.7 Å². The second-order valence-electron chi connectivity index (χ2n) is 7.67. The van der Waals surface area contributed by atoms with Crippen LogP contribution in [0.4, 0.5) is 0 Å². The maximum Gasteiger partial charge on any atom is 0.205 e. The van der Waals surface area contributed by atoms with Crippen LogP contribution in [0.25, 0.3) is 6.08 Å². The lowest BCUT2D eigenvalue weighted by atomic mass is 9.80. The van der Waals surface area contributed by atoms with Gasteiger partial charge in [-0.2, -0.15) is 5.26 Å². The number of nitrogens with zero attached hydrogens (tertiary/aromatic N) is 2. The van der Waals surface area contributed by atoms with Gasteiger partial charge in [-0.3, -0.25) is 4.90 Å². The van der Waals surface area contributed by atoms with E-state index in [1.165, 1.54) is 0 Å². The molecule has 2 heterocycles. The number of methoxy groups -OCH3 is 2. The smallest absolute Gasteiger partial charge is 0.205 e. The predicted molar refractivity (Wildman–Crippen MR) is 119 cm³/mol. The Morgan fingerprint density at radius 1 is 1.10 bits per heavy atom. The average Bonchev–Trinajstić information content (AvgIpc) is 2.79. The molecule has 2 N–H and O–H groups in total. The van der Waals surface area contributed by atoms with Crippen LogP contribution in [0.2, 0.25) is 0 Å². The van der Waals surface area contributed by atoms with Gasteiger partial charge in [-0.05, 0) is 54.1 Å². The lowest BCUT2D eigenvalue weighted by Gasteiger charge is -2.37. The monoisotopic (exact) mass is 415 g/mol. The molecule has 1 atom stereocenters. The first-order valence-corrected chi connectivity index (χ1v) is 10.0. The van der Waals surface area contributed by atoms with Crippen LogP contribution in [0.15, 0.2) is 76.9 Å². The lowest BCUT2D eigenvalue weighted by molar-refractivity contribution is 0.251. The van der Waals surface area contributed by atoms with Crippen molar-refractivity contribution in [3.05, 3.63) is 88.0 Å². The maximum absolute atomic E-state index is 9.87. The van der Waals surface area contributed by atoms with E-state index in [-0.39, 0.29) is 11.8 Å². The zero-order chi connectivity index (χ0) is 22.0. The third kappa shape index (κ3) is 4.00. The number of hydrogen-bond donors (Lipinski definition) is 1. The largest absolute Gasteiger partial charge is 0.497 e. The molecule has 0 saturated heterocycles. The molecule has 0 radical (unpaired) electrons. The number of nitrogens with two attached hydrogens (primary N) is 1. The highest BCUT2D eigenvalue weighted by atomic mass is 16.5. The number of likely N-dealkylation sites (N-methyl/N-ethyl adjacent to an activating group) is 1. The van der Waals surface area contributed by atoms with Crippen molar-refractivity contribution in [3.8, 4) is 17.6 Å². The van der Waals surface area contributed by atoms with Crippen LogP contribution in [0.5, 0.6) is 11.5 Å². The van der Waals surface area contributed by atoms with Gasteiger partial charge in [0.1, 0.15) is 28.9 Å². The molecule has 2 aliphatic rings. The molecule has 31 heavy (non-hydrogen) atoms. The third-order valence-electron chi connectivity index (χ3n) is 5.56. The van der Waals surface area contributed by atoms with Crippen molar-refractivity contribution in [2.45, 2.75) is 5.92 Å². The molecule has 6 heteroatoms. The molecule has 6 nitrogen and oxygen atoms in total. The molecule has 0 unspecified atom stereocenters. The van der Waals surface area contributed by atoms with Crippen LogP contribution in [0.3, 0.4) is 0 Å². The van der Waals surface area contributed by atoms with E-state index in [1.807, 2.05) is 48.5 Å². The van der Waals surface area contributed by atoms with Gasteiger partial charge < -0.3 is 19.9 Å². The first-order chi connectivity index (χ1) is 15.0. The maximum atomic E-state index is 9.87. The summed E-state index contributed by atoms with van der Waals surface area (Å²) < 4.78 is 16.8. The van der Waals surface area contributed by atoms with Crippen molar-refractivity contribution < 1.29 is 14.2 Å². The highest BCUT2D eigenvalue weighted by Gasteiger charge is 2.37. The number of rotatable bonds is 4. The first-order valence-electron chi connectivity index (χ1n) is 10.0. The fourth-order valence-electron chi connectivity index (χ4n) is 4.17. The van der Waals surface area contributed by atoms with Gasteiger partial charge in [0.05, 0.1) is 20.1 Å². The Labute approximate surface area is 182 Å². The van der Waals surface area contributed by atoms with Crippen molar-refractivity contribution in [1.29, 1.82) is 5.26 Å². The molecule has 0 spiro atoms. The minimum atomic E-state index is -0.291. The van der Waals surface area contributed by atoms with E-state index in [9.17, 15) is 5.26 Å². The van der Waals surface area contributed by atoms with E-state index in [2.05, 4.69) is 24.1 Å². The summed E-state index contributed by atoms with van der Waals surface area (Å²) in [6, 6.07) is 17.9. The minimum absolute atomic E-state index is 0.148. The molecule has 0 aliphatic carbocycles. The van der Waals surface area contributed by atoms with Crippen LogP contribution in [0.1, 0.15) is 17.0 Å². The van der Waals surface area contributed by atoms with Gasteiger partial charge in [0.15, 0.2) is 0 Å². The van der Waals surface area contributed by atoms with Crippen molar-refractivity contribution in [2.75, 3.05) is 34.4 Å². The summed E-state index contributed by atoms with van der Waals surface area (Å²) in [6.07, 6.45) is 2.08. The van der Waals surface area contributed by atoms with Crippen LogP contribution in [0, 0.1) is 11.3 Å². The van der Waals surface area contributed by atoms with E-state index < -0.39 is 0 Å². The highest BCUT2D eigenvalue weighted by Crippen LogP contribution is 2.44. The summed E-state index contributed by atoms with van der Waals surface area (Å²) in [4.78, 5) is 2.21. The summed E-state index contributed by atoms with van der Waals surface area (Å²) in [6.45, 7) is 1.38. The average molecular weight is 415 g/mol. The molecule has 0 aromatic heterocycles. The van der Waals surface area contributed by atoms with Crippen molar-refractivity contribution in [1.82, 2.24) is 4.90 Å². The fourth-order valence-corrected chi connectivity index (χ4v) is 4.17. The molecule has 2 aromatic carbocycles. The number of benzene rings is 2. The van der Waals surface area contributed by atoms with Gasteiger partial charge in [-0.25, -0.2) is 0 Å². The van der Waals surface area contributed by atoms with Crippen molar-refractivity contribution >= 4 is 6.08 Å². The summed E-state index contributed by atoms with van der Waals surface area (Å²) >= 11 is 0. The molecule has 2 aromatic rings. The molecule has 0 fully saturated rings. The van der Waals surface area contributed by atoms with Gasteiger partial charge in [-0.1, -0.05) is 24.3 Å². The Bertz CT molecular complexity index is 1140. The molecule has 0 bridgehead atoms. The Morgan fingerprint density at radius 2 is 1.81 bits per heavy atom. The molecular weight excluding hydrogens is 390 g/mol. The normalized spacial score (nSPS) is 20.2. The Morgan fingerprint density at radius 3 is 2.52 bits per heavy atom. The molecule has 2 aliphatic heterocycles. The quantitative estimate of drug-likeness (QED) is 0.818. The second-order valence-corrected chi connectivity index (χ2v) is 7.67. The van der Waals surface area contributed by atoms with Crippen LogP contribution >= 0.6 is 0 Å².